The molecule has 6 nitrogen and oxygen atoms in total. The van der Waals surface area contributed by atoms with Gasteiger partial charge in [-0.1, -0.05) is 13.0 Å². The normalized spacial score (nSPS) is 14.2. The van der Waals surface area contributed by atoms with E-state index in [0.717, 1.165) is 44.0 Å². The van der Waals surface area contributed by atoms with Crippen LogP contribution in [-0.2, 0) is 0 Å². The first-order valence-corrected chi connectivity index (χ1v) is 11.8. The zero-order valence-electron chi connectivity index (χ0n) is 18.4. The van der Waals surface area contributed by atoms with E-state index in [1.807, 2.05) is 24.4 Å². The maximum Gasteiger partial charge on any atom is 0.265 e. The molecule has 166 valence electrons. The molecule has 3 aromatic rings. The quantitative estimate of drug-likeness (QED) is 0.574. The number of likely N-dealkylation sites (N-methyl/N-ethyl adjacent to an activating group) is 1. The van der Waals surface area contributed by atoms with Crippen LogP contribution in [0.2, 0.25) is 0 Å². The van der Waals surface area contributed by atoms with Crippen molar-refractivity contribution in [3.63, 3.8) is 0 Å². The van der Waals surface area contributed by atoms with Gasteiger partial charge < -0.3 is 20.4 Å². The van der Waals surface area contributed by atoms with Crippen molar-refractivity contribution in [1.29, 1.82) is 0 Å². The molecule has 4 rings (SSSR count). The van der Waals surface area contributed by atoms with Crippen molar-refractivity contribution in [2.24, 2.45) is 0 Å². The first-order chi connectivity index (χ1) is 15.5. The molecular formula is C25H28N4O2S. The first kappa shape index (κ1) is 22.0. The summed E-state index contributed by atoms with van der Waals surface area (Å²) >= 11 is 1.39. The molecule has 1 aromatic heterocycles. The van der Waals surface area contributed by atoms with Gasteiger partial charge in [0.25, 0.3) is 11.8 Å². The Bertz CT molecular complexity index is 1070. The van der Waals surface area contributed by atoms with Gasteiger partial charge in [0.2, 0.25) is 0 Å². The third-order valence-corrected chi connectivity index (χ3v) is 6.66. The van der Waals surface area contributed by atoms with E-state index < -0.39 is 0 Å². The molecule has 0 atom stereocenters. The summed E-state index contributed by atoms with van der Waals surface area (Å²) in [5.41, 5.74) is 4.23. The molecule has 1 fully saturated rings. The first-order valence-electron chi connectivity index (χ1n) is 10.9. The minimum Gasteiger partial charge on any atom is -0.369 e. The maximum atomic E-state index is 12.7. The number of nitrogens with zero attached hydrogens (tertiary/aromatic N) is 2. The van der Waals surface area contributed by atoms with Gasteiger partial charge in [0.15, 0.2) is 0 Å². The summed E-state index contributed by atoms with van der Waals surface area (Å²) in [6, 6.07) is 16.7. The third-order valence-electron chi connectivity index (χ3n) is 5.79. The number of nitrogens with one attached hydrogen (secondary N) is 2. The number of aryl methyl sites for hydroxylation is 1. The van der Waals surface area contributed by atoms with E-state index in [4.69, 9.17) is 0 Å². The molecule has 0 radical (unpaired) electrons. The number of piperazine rings is 1. The second-order valence-corrected chi connectivity index (χ2v) is 8.83. The molecule has 0 aliphatic carbocycles. The second kappa shape index (κ2) is 9.97. The Hall–Kier alpha value is -3.16. The van der Waals surface area contributed by atoms with Crippen LogP contribution >= 0.6 is 11.3 Å². The maximum absolute atomic E-state index is 12.7. The highest BCUT2D eigenvalue weighted by Crippen LogP contribution is 2.24. The Kier molecular flexibility index (Phi) is 6.87. The van der Waals surface area contributed by atoms with Crippen LogP contribution < -0.4 is 15.5 Å². The lowest BCUT2D eigenvalue weighted by Gasteiger charge is -2.35. The van der Waals surface area contributed by atoms with Crippen LogP contribution in [0.3, 0.4) is 0 Å². The largest absolute Gasteiger partial charge is 0.369 e. The molecule has 2 heterocycles. The lowest BCUT2D eigenvalue weighted by Crippen LogP contribution is -2.46. The van der Waals surface area contributed by atoms with Crippen LogP contribution in [0.1, 0.15) is 32.5 Å². The Morgan fingerprint density at radius 2 is 1.69 bits per heavy atom. The molecule has 1 saturated heterocycles. The number of amides is 2. The molecular weight excluding hydrogens is 420 g/mol. The van der Waals surface area contributed by atoms with E-state index in [1.165, 1.54) is 17.0 Å². The van der Waals surface area contributed by atoms with Crippen LogP contribution in [0.5, 0.6) is 0 Å². The summed E-state index contributed by atoms with van der Waals surface area (Å²) in [6.45, 7) is 9.52. The molecule has 1 aliphatic heterocycles. The van der Waals surface area contributed by atoms with Crippen LogP contribution in [0.25, 0.3) is 0 Å². The molecule has 0 unspecified atom stereocenters. The predicted molar refractivity (Wildman–Crippen MR) is 132 cm³/mol. The van der Waals surface area contributed by atoms with Crippen LogP contribution in [0.15, 0.2) is 60.0 Å². The monoisotopic (exact) mass is 448 g/mol. The topological polar surface area (TPSA) is 64.7 Å². The Morgan fingerprint density at radius 1 is 0.938 bits per heavy atom. The van der Waals surface area contributed by atoms with Crippen molar-refractivity contribution >= 4 is 40.2 Å². The smallest absolute Gasteiger partial charge is 0.265 e. The van der Waals surface area contributed by atoms with Crippen molar-refractivity contribution in [3.8, 4) is 0 Å². The molecule has 7 heteroatoms. The number of carbonyl (C=O) groups is 2. The fourth-order valence-electron chi connectivity index (χ4n) is 3.81. The highest BCUT2D eigenvalue weighted by molar-refractivity contribution is 7.12. The van der Waals surface area contributed by atoms with Gasteiger partial charge in [-0.15, -0.1) is 11.3 Å². The number of carbonyl (C=O) groups excluding carboxylic acids is 2. The number of benzene rings is 2. The SMILES string of the molecule is CCN1CCN(c2ccc(NC(=O)c3ccc(NC(=O)c4cccs4)cc3)c(C)c2)CC1. The van der Waals surface area contributed by atoms with Crippen LogP contribution in [0.4, 0.5) is 17.1 Å². The van der Waals surface area contributed by atoms with Crippen molar-refractivity contribution < 1.29 is 9.59 Å². The zero-order valence-corrected chi connectivity index (χ0v) is 19.2. The molecule has 1 aliphatic rings. The van der Waals surface area contributed by atoms with E-state index in [0.29, 0.717) is 16.1 Å². The van der Waals surface area contributed by atoms with Crippen molar-refractivity contribution in [2.45, 2.75) is 13.8 Å². The molecule has 2 aromatic carbocycles. The molecule has 0 saturated carbocycles. The number of thiophene rings is 1. The molecule has 2 N–H and O–H groups in total. The number of hydrogen-bond acceptors (Lipinski definition) is 5. The fourth-order valence-corrected chi connectivity index (χ4v) is 4.43. The third kappa shape index (κ3) is 5.18. The van der Waals surface area contributed by atoms with Gasteiger partial charge in [0.1, 0.15) is 0 Å². The fraction of sp³-hybridized carbons (Fsp3) is 0.280. The summed E-state index contributed by atoms with van der Waals surface area (Å²) in [7, 11) is 0. The predicted octanol–water partition coefficient (Wildman–Crippen LogP) is 4.70. The van der Waals surface area contributed by atoms with Gasteiger partial charge in [0.05, 0.1) is 4.88 Å². The number of hydrogen-bond donors (Lipinski definition) is 2. The van der Waals surface area contributed by atoms with Gasteiger partial charge in [-0.3, -0.25) is 9.59 Å². The molecule has 32 heavy (non-hydrogen) atoms. The highest BCUT2D eigenvalue weighted by Gasteiger charge is 2.17. The summed E-state index contributed by atoms with van der Waals surface area (Å²) in [4.78, 5) is 30.4. The Labute approximate surface area is 192 Å². The van der Waals surface area contributed by atoms with Gasteiger partial charge >= 0.3 is 0 Å². The minimum absolute atomic E-state index is 0.149. The van der Waals surface area contributed by atoms with E-state index in [1.54, 1.807) is 30.3 Å². The van der Waals surface area contributed by atoms with Gasteiger partial charge in [-0.2, -0.15) is 0 Å². The van der Waals surface area contributed by atoms with Crippen molar-refractivity contribution in [3.05, 3.63) is 76.0 Å². The van der Waals surface area contributed by atoms with E-state index >= 15 is 0 Å². The summed E-state index contributed by atoms with van der Waals surface area (Å²) < 4.78 is 0. The number of anilines is 3. The minimum atomic E-state index is -0.173. The summed E-state index contributed by atoms with van der Waals surface area (Å²) in [6.07, 6.45) is 0. The van der Waals surface area contributed by atoms with Crippen molar-refractivity contribution in [2.75, 3.05) is 48.3 Å². The van der Waals surface area contributed by atoms with E-state index in [2.05, 4.69) is 39.5 Å². The second-order valence-electron chi connectivity index (χ2n) is 7.88. The van der Waals surface area contributed by atoms with Crippen molar-refractivity contribution in [1.82, 2.24) is 4.90 Å². The van der Waals surface area contributed by atoms with E-state index in [9.17, 15) is 9.59 Å². The highest BCUT2D eigenvalue weighted by atomic mass is 32.1. The van der Waals surface area contributed by atoms with Crippen LogP contribution in [-0.4, -0.2) is 49.4 Å². The Morgan fingerprint density at radius 3 is 2.31 bits per heavy atom. The Balaban J connectivity index is 1.36. The standard InChI is InChI=1S/C25H28N4O2S/c1-3-28-12-14-29(15-13-28)21-10-11-22(18(2)17-21)27-24(30)19-6-8-20(9-7-19)26-25(31)23-5-4-16-32-23/h4-11,16-17H,3,12-15H2,1-2H3,(H,26,31)(H,27,30). The summed E-state index contributed by atoms with van der Waals surface area (Å²) in [5.74, 6) is -0.322. The van der Waals surface area contributed by atoms with Crippen LogP contribution in [0, 0.1) is 6.92 Å². The van der Waals surface area contributed by atoms with Gasteiger partial charge in [-0.05, 0) is 72.9 Å². The average molecular weight is 449 g/mol. The molecule has 2 amide bonds. The molecule has 0 spiro atoms. The lowest BCUT2D eigenvalue weighted by molar-refractivity contribution is 0.102. The molecule has 0 bridgehead atoms. The van der Waals surface area contributed by atoms with Gasteiger partial charge in [-0.25, -0.2) is 0 Å². The average Bonchev–Trinajstić information content (AvgIpc) is 3.36. The number of rotatable bonds is 6. The van der Waals surface area contributed by atoms with E-state index in [-0.39, 0.29) is 11.8 Å². The zero-order chi connectivity index (χ0) is 22.5. The lowest BCUT2D eigenvalue weighted by atomic mass is 10.1. The van der Waals surface area contributed by atoms with Gasteiger partial charge in [0, 0.05) is 48.8 Å². The summed E-state index contributed by atoms with van der Waals surface area (Å²) in [5, 5.41) is 7.71.